The lowest BCUT2D eigenvalue weighted by atomic mass is 10.1. The van der Waals surface area contributed by atoms with Crippen LogP contribution in [0.2, 0.25) is 0 Å². The quantitative estimate of drug-likeness (QED) is 0.842. The SMILES string of the molecule is COc1ccc(OC)c(C(C)NC(=O)NCC(C)C)c1. The summed E-state index contributed by atoms with van der Waals surface area (Å²) in [5.41, 5.74) is 0.881. The summed E-state index contributed by atoms with van der Waals surface area (Å²) in [6, 6.07) is 5.17. The van der Waals surface area contributed by atoms with Crippen LogP contribution in [0.4, 0.5) is 4.79 Å². The van der Waals surface area contributed by atoms with Crippen LogP contribution in [0.25, 0.3) is 0 Å². The summed E-state index contributed by atoms with van der Waals surface area (Å²) in [5, 5.41) is 5.72. The van der Waals surface area contributed by atoms with Gasteiger partial charge in [0, 0.05) is 12.1 Å². The van der Waals surface area contributed by atoms with E-state index >= 15 is 0 Å². The van der Waals surface area contributed by atoms with Crippen LogP contribution >= 0.6 is 0 Å². The first kappa shape index (κ1) is 16.1. The number of nitrogens with one attached hydrogen (secondary N) is 2. The Bertz CT molecular complexity index is 447. The third kappa shape index (κ3) is 4.64. The van der Waals surface area contributed by atoms with Crippen molar-refractivity contribution in [1.82, 2.24) is 10.6 Å². The molecule has 0 aliphatic rings. The Labute approximate surface area is 120 Å². The van der Waals surface area contributed by atoms with Gasteiger partial charge in [0.15, 0.2) is 0 Å². The highest BCUT2D eigenvalue weighted by Gasteiger charge is 2.15. The Morgan fingerprint density at radius 2 is 1.90 bits per heavy atom. The van der Waals surface area contributed by atoms with Gasteiger partial charge in [-0.05, 0) is 31.0 Å². The van der Waals surface area contributed by atoms with Gasteiger partial charge in [0.05, 0.1) is 20.3 Å². The van der Waals surface area contributed by atoms with Crippen molar-refractivity contribution < 1.29 is 14.3 Å². The monoisotopic (exact) mass is 280 g/mol. The number of ether oxygens (including phenoxy) is 2. The average Bonchev–Trinajstić information content (AvgIpc) is 2.44. The molecule has 0 radical (unpaired) electrons. The van der Waals surface area contributed by atoms with Crippen LogP contribution in [0, 0.1) is 5.92 Å². The molecule has 112 valence electrons. The van der Waals surface area contributed by atoms with Gasteiger partial charge in [-0.3, -0.25) is 0 Å². The lowest BCUT2D eigenvalue weighted by Gasteiger charge is -2.19. The molecule has 5 heteroatoms. The molecule has 2 N–H and O–H groups in total. The topological polar surface area (TPSA) is 59.6 Å². The van der Waals surface area contributed by atoms with Gasteiger partial charge in [-0.25, -0.2) is 4.79 Å². The highest BCUT2D eigenvalue weighted by atomic mass is 16.5. The molecule has 1 unspecified atom stereocenters. The molecule has 0 aliphatic carbocycles. The minimum absolute atomic E-state index is 0.174. The molecule has 1 rings (SSSR count). The number of carbonyl (C=O) groups is 1. The summed E-state index contributed by atoms with van der Waals surface area (Å²) in [7, 11) is 3.22. The fourth-order valence-electron chi connectivity index (χ4n) is 1.80. The van der Waals surface area contributed by atoms with Gasteiger partial charge in [-0.15, -0.1) is 0 Å². The summed E-state index contributed by atoms with van der Waals surface area (Å²) >= 11 is 0. The van der Waals surface area contributed by atoms with Gasteiger partial charge >= 0.3 is 6.03 Å². The minimum atomic E-state index is -0.184. The number of methoxy groups -OCH3 is 2. The van der Waals surface area contributed by atoms with E-state index < -0.39 is 0 Å². The van der Waals surface area contributed by atoms with E-state index in [1.807, 2.05) is 25.1 Å². The van der Waals surface area contributed by atoms with Crippen molar-refractivity contribution in [2.45, 2.75) is 26.8 Å². The maximum absolute atomic E-state index is 11.8. The molecule has 5 nitrogen and oxygen atoms in total. The van der Waals surface area contributed by atoms with E-state index in [-0.39, 0.29) is 12.1 Å². The molecule has 1 atom stereocenters. The van der Waals surface area contributed by atoms with Gasteiger partial charge in [-0.1, -0.05) is 13.8 Å². The predicted octanol–water partition coefficient (Wildman–Crippen LogP) is 2.72. The van der Waals surface area contributed by atoms with Crippen molar-refractivity contribution in [1.29, 1.82) is 0 Å². The normalized spacial score (nSPS) is 11.9. The van der Waals surface area contributed by atoms with Crippen LogP contribution in [0.15, 0.2) is 18.2 Å². The predicted molar refractivity (Wildman–Crippen MR) is 79.3 cm³/mol. The Morgan fingerprint density at radius 1 is 1.20 bits per heavy atom. The summed E-state index contributed by atoms with van der Waals surface area (Å²) in [5.74, 6) is 1.88. The number of urea groups is 1. The molecule has 0 saturated carbocycles. The summed E-state index contributed by atoms with van der Waals surface area (Å²) < 4.78 is 10.5. The summed E-state index contributed by atoms with van der Waals surface area (Å²) in [6.45, 7) is 6.66. The van der Waals surface area contributed by atoms with Crippen LogP contribution < -0.4 is 20.1 Å². The van der Waals surface area contributed by atoms with E-state index in [4.69, 9.17) is 9.47 Å². The van der Waals surface area contributed by atoms with Crippen LogP contribution in [-0.4, -0.2) is 26.8 Å². The first-order valence-corrected chi connectivity index (χ1v) is 6.74. The lowest BCUT2D eigenvalue weighted by molar-refractivity contribution is 0.236. The van der Waals surface area contributed by atoms with Crippen molar-refractivity contribution in [3.63, 3.8) is 0 Å². The van der Waals surface area contributed by atoms with Crippen LogP contribution in [0.1, 0.15) is 32.4 Å². The average molecular weight is 280 g/mol. The Hall–Kier alpha value is -1.91. The first-order valence-electron chi connectivity index (χ1n) is 6.74. The van der Waals surface area contributed by atoms with Crippen molar-refractivity contribution in [2.75, 3.05) is 20.8 Å². The zero-order valence-corrected chi connectivity index (χ0v) is 12.8. The first-order chi connectivity index (χ1) is 9.47. The molecular weight excluding hydrogens is 256 g/mol. The van der Waals surface area contributed by atoms with E-state index in [9.17, 15) is 4.79 Å². The van der Waals surface area contributed by atoms with Gasteiger partial charge < -0.3 is 20.1 Å². The standard InChI is InChI=1S/C15H24N2O3/c1-10(2)9-16-15(18)17-11(3)13-8-12(19-4)6-7-14(13)20-5/h6-8,10-11H,9H2,1-5H3,(H2,16,17,18). The van der Waals surface area contributed by atoms with E-state index in [0.29, 0.717) is 12.5 Å². The van der Waals surface area contributed by atoms with Gasteiger partial charge in [-0.2, -0.15) is 0 Å². The fraction of sp³-hybridized carbons (Fsp3) is 0.533. The molecule has 2 amide bonds. The van der Waals surface area contributed by atoms with E-state index in [1.54, 1.807) is 14.2 Å². The van der Waals surface area contributed by atoms with Crippen LogP contribution in [0.3, 0.4) is 0 Å². The van der Waals surface area contributed by atoms with Crippen LogP contribution in [0.5, 0.6) is 11.5 Å². The molecule has 20 heavy (non-hydrogen) atoms. The van der Waals surface area contributed by atoms with E-state index in [1.165, 1.54) is 0 Å². The number of hydrogen-bond acceptors (Lipinski definition) is 3. The lowest BCUT2D eigenvalue weighted by Crippen LogP contribution is -2.38. The molecule has 1 aromatic carbocycles. The summed E-state index contributed by atoms with van der Waals surface area (Å²) in [4.78, 5) is 11.8. The van der Waals surface area contributed by atoms with Crippen LogP contribution in [-0.2, 0) is 0 Å². The molecule has 0 aromatic heterocycles. The maximum Gasteiger partial charge on any atom is 0.315 e. The molecule has 0 saturated heterocycles. The summed E-state index contributed by atoms with van der Waals surface area (Å²) in [6.07, 6.45) is 0. The highest BCUT2D eigenvalue weighted by molar-refractivity contribution is 5.74. The Balaban J connectivity index is 2.75. The number of amides is 2. The van der Waals surface area contributed by atoms with E-state index in [2.05, 4.69) is 24.5 Å². The van der Waals surface area contributed by atoms with E-state index in [0.717, 1.165) is 17.1 Å². The zero-order valence-electron chi connectivity index (χ0n) is 12.8. The molecule has 0 fully saturated rings. The van der Waals surface area contributed by atoms with Crippen molar-refractivity contribution in [2.24, 2.45) is 5.92 Å². The number of carbonyl (C=O) groups excluding carboxylic acids is 1. The number of hydrogen-bond donors (Lipinski definition) is 2. The van der Waals surface area contributed by atoms with Gasteiger partial charge in [0.25, 0.3) is 0 Å². The second-order valence-electron chi connectivity index (χ2n) is 5.08. The largest absolute Gasteiger partial charge is 0.497 e. The zero-order chi connectivity index (χ0) is 15.1. The highest BCUT2D eigenvalue weighted by Crippen LogP contribution is 2.29. The van der Waals surface area contributed by atoms with Gasteiger partial charge in [0.1, 0.15) is 11.5 Å². The van der Waals surface area contributed by atoms with Gasteiger partial charge in [0.2, 0.25) is 0 Å². The second kappa shape index (κ2) is 7.62. The Morgan fingerprint density at radius 3 is 2.45 bits per heavy atom. The fourth-order valence-corrected chi connectivity index (χ4v) is 1.80. The number of benzene rings is 1. The molecule has 1 aromatic rings. The third-order valence-electron chi connectivity index (χ3n) is 2.92. The maximum atomic E-state index is 11.8. The molecule has 0 spiro atoms. The molecule has 0 heterocycles. The Kier molecular flexibility index (Phi) is 6.15. The smallest absolute Gasteiger partial charge is 0.315 e. The molecule has 0 bridgehead atoms. The molecule has 0 aliphatic heterocycles. The minimum Gasteiger partial charge on any atom is -0.497 e. The van der Waals surface area contributed by atoms with Crippen molar-refractivity contribution in [3.8, 4) is 11.5 Å². The second-order valence-corrected chi connectivity index (χ2v) is 5.08. The molecular formula is C15H24N2O3. The third-order valence-corrected chi connectivity index (χ3v) is 2.92. The number of rotatable bonds is 6. The van der Waals surface area contributed by atoms with Crippen molar-refractivity contribution in [3.05, 3.63) is 23.8 Å². The van der Waals surface area contributed by atoms with Crippen molar-refractivity contribution >= 4 is 6.03 Å².